The van der Waals surface area contributed by atoms with Gasteiger partial charge in [0.1, 0.15) is 5.75 Å². The van der Waals surface area contributed by atoms with Crippen LogP contribution in [-0.4, -0.2) is 19.7 Å². The van der Waals surface area contributed by atoms with E-state index in [1.807, 2.05) is 0 Å². The summed E-state index contributed by atoms with van der Waals surface area (Å²) >= 11 is 9.06. The monoisotopic (exact) mass is 361 g/mol. The molecule has 0 aliphatic heterocycles. The van der Waals surface area contributed by atoms with Crippen molar-refractivity contribution in [1.82, 2.24) is 4.98 Å². The van der Waals surface area contributed by atoms with Crippen LogP contribution >= 0.6 is 27.5 Å². The van der Waals surface area contributed by atoms with Gasteiger partial charge in [0, 0.05) is 12.5 Å². The Balaban J connectivity index is 2.25. The van der Waals surface area contributed by atoms with Crippen molar-refractivity contribution in [3.05, 3.63) is 46.0 Å². The summed E-state index contributed by atoms with van der Waals surface area (Å²) in [4.78, 5) is 4.26. The highest BCUT2D eigenvalue weighted by atomic mass is 79.9. The lowest BCUT2D eigenvalue weighted by atomic mass is 10.3. The van der Waals surface area contributed by atoms with Crippen LogP contribution in [0.1, 0.15) is 0 Å². The van der Waals surface area contributed by atoms with E-state index in [0.29, 0.717) is 21.1 Å². The third kappa shape index (κ3) is 3.68. The first kappa shape index (κ1) is 14.3. The number of hydrogen-bond donors (Lipinski definition) is 0. The Labute approximate surface area is 124 Å². The van der Waals surface area contributed by atoms with E-state index in [4.69, 9.17) is 16.3 Å². The third-order valence-corrected chi connectivity index (χ3v) is 4.14. The highest BCUT2D eigenvalue weighted by Crippen LogP contribution is 2.29. The van der Waals surface area contributed by atoms with Crippen molar-refractivity contribution in [3.63, 3.8) is 0 Å². The molecule has 0 aliphatic rings. The second kappa shape index (κ2) is 5.48. The van der Waals surface area contributed by atoms with Gasteiger partial charge in [0.2, 0.25) is 5.88 Å². The average Bonchev–Trinajstić information content (AvgIpc) is 2.32. The first-order valence-electron chi connectivity index (χ1n) is 5.15. The zero-order valence-electron chi connectivity index (χ0n) is 9.80. The summed E-state index contributed by atoms with van der Waals surface area (Å²) in [5.74, 6) is 0.847. The van der Waals surface area contributed by atoms with Gasteiger partial charge >= 0.3 is 0 Å². The lowest BCUT2D eigenvalue weighted by Crippen LogP contribution is -1.96. The normalized spacial score (nSPS) is 11.3. The Kier molecular flexibility index (Phi) is 4.13. The van der Waals surface area contributed by atoms with Gasteiger partial charge in [-0.25, -0.2) is 13.4 Å². The number of hydrogen-bond acceptors (Lipinski definition) is 4. The molecule has 0 atom stereocenters. The number of rotatable bonds is 3. The fourth-order valence-corrected chi connectivity index (χ4v) is 2.69. The predicted molar refractivity (Wildman–Crippen MR) is 76.6 cm³/mol. The zero-order valence-corrected chi connectivity index (χ0v) is 13.0. The third-order valence-electron chi connectivity index (χ3n) is 2.24. The van der Waals surface area contributed by atoms with Gasteiger partial charge in [-0.1, -0.05) is 11.6 Å². The molecule has 0 amide bonds. The van der Waals surface area contributed by atoms with Gasteiger partial charge < -0.3 is 4.74 Å². The maximum absolute atomic E-state index is 11.3. The van der Waals surface area contributed by atoms with Crippen LogP contribution in [0, 0.1) is 0 Å². The molecule has 0 aliphatic carbocycles. The van der Waals surface area contributed by atoms with E-state index >= 15 is 0 Å². The minimum Gasteiger partial charge on any atom is -0.438 e. The van der Waals surface area contributed by atoms with Crippen molar-refractivity contribution in [2.75, 3.05) is 6.26 Å². The molecule has 0 N–H and O–H groups in total. The molecule has 2 aromatic rings. The Bertz CT molecular complexity index is 701. The van der Waals surface area contributed by atoms with E-state index in [1.54, 1.807) is 18.2 Å². The molecule has 1 heterocycles. The fraction of sp³-hybridized carbons (Fsp3) is 0.0833. The molecule has 0 fully saturated rings. The summed E-state index contributed by atoms with van der Waals surface area (Å²) in [6, 6.07) is 7.76. The number of ether oxygens (including phenoxy) is 1. The van der Waals surface area contributed by atoms with Crippen molar-refractivity contribution in [1.29, 1.82) is 0 Å². The van der Waals surface area contributed by atoms with Gasteiger partial charge in [0.25, 0.3) is 0 Å². The van der Waals surface area contributed by atoms with Crippen molar-refractivity contribution in [3.8, 4) is 11.6 Å². The Morgan fingerprint density at radius 3 is 2.42 bits per heavy atom. The first-order valence-corrected chi connectivity index (χ1v) is 8.21. The second-order valence-electron chi connectivity index (χ2n) is 3.79. The summed E-state index contributed by atoms with van der Waals surface area (Å²) in [7, 11) is -3.20. The standard InChI is InChI=1S/C12H9BrClNO3S/c1-19(16,17)10-4-2-9(3-5-10)18-12-11(13)6-8(14)7-15-12/h2-7H,1H3. The van der Waals surface area contributed by atoms with Gasteiger partial charge in [-0.3, -0.25) is 0 Å². The molecule has 0 saturated carbocycles. The largest absolute Gasteiger partial charge is 0.438 e. The van der Waals surface area contributed by atoms with Crippen molar-refractivity contribution in [2.24, 2.45) is 0 Å². The van der Waals surface area contributed by atoms with Crippen molar-refractivity contribution in [2.45, 2.75) is 4.90 Å². The van der Waals surface area contributed by atoms with Crippen LogP contribution in [-0.2, 0) is 9.84 Å². The van der Waals surface area contributed by atoms with Crippen molar-refractivity contribution < 1.29 is 13.2 Å². The molecule has 100 valence electrons. The molecule has 0 spiro atoms. The number of sulfone groups is 1. The molecular formula is C12H9BrClNO3S. The fourth-order valence-electron chi connectivity index (χ4n) is 1.34. The molecule has 19 heavy (non-hydrogen) atoms. The topological polar surface area (TPSA) is 56.3 Å². The molecule has 0 saturated heterocycles. The van der Waals surface area contributed by atoms with Crippen molar-refractivity contribution >= 4 is 37.4 Å². The number of nitrogens with zero attached hydrogens (tertiary/aromatic N) is 1. The second-order valence-corrected chi connectivity index (χ2v) is 7.09. The van der Waals surface area contributed by atoms with Gasteiger partial charge in [0.15, 0.2) is 9.84 Å². The van der Waals surface area contributed by atoms with E-state index in [0.717, 1.165) is 6.26 Å². The number of aromatic nitrogens is 1. The zero-order chi connectivity index (χ0) is 14.0. The van der Waals surface area contributed by atoms with Crippen LogP contribution in [0.2, 0.25) is 5.02 Å². The van der Waals surface area contributed by atoms with E-state index < -0.39 is 9.84 Å². The Morgan fingerprint density at radius 2 is 1.89 bits per heavy atom. The summed E-state index contributed by atoms with van der Waals surface area (Å²) < 4.78 is 28.8. The Morgan fingerprint density at radius 1 is 1.26 bits per heavy atom. The predicted octanol–water partition coefficient (Wildman–Crippen LogP) is 3.69. The van der Waals surface area contributed by atoms with E-state index in [9.17, 15) is 8.42 Å². The SMILES string of the molecule is CS(=O)(=O)c1ccc(Oc2ncc(Cl)cc2Br)cc1. The lowest BCUT2D eigenvalue weighted by Gasteiger charge is -2.07. The van der Waals surface area contributed by atoms with Crippen LogP contribution in [0.3, 0.4) is 0 Å². The average molecular weight is 363 g/mol. The van der Waals surface area contributed by atoms with Crippen LogP contribution < -0.4 is 4.74 Å². The minimum atomic E-state index is -3.20. The maximum atomic E-state index is 11.3. The van der Waals surface area contributed by atoms with E-state index in [1.165, 1.54) is 18.3 Å². The van der Waals surface area contributed by atoms with Crippen LogP contribution in [0.25, 0.3) is 0 Å². The summed E-state index contributed by atoms with van der Waals surface area (Å²) in [6.07, 6.45) is 2.62. The number of halogens is 2. The molecule has 4 nitrogen and oxygen atoms in total. The maximum Gasteiger partial charge on any atom is 0.233 e. The molecule has 0 radical (unpaired) electrons. The van der Waals surface area contributed by atoms with Crippen LogP contribution in [0.4, 0.5) is 0 Å². The first-order chi connectivity index (χ1) is 8.86. The quantitative estimate of drug-likeness (QED) is 0.835. The van der Waals surface area contributed by atoms with Gasteiger partial charge in [-0.2, -0.15) is 0 Å². The highest BCUT2D eigenvalue weighted by Gasteiger charge is 2.08. The smallest absolute Gasteiger partial charge is 0.233 e. The van der Waals surface area contributed by atoms with Gasteiger partial charge in [0.05, 0.1) is 14.4 Å². The van der Waals surface area contributed by atoms with Gasteiger partial charge in [-0.05, 0) is 46.3 Å². The van der Waals surface area contributed by atoms with Crippen LogP contribution in [0.15, 0.2) is 45.9 Å². The highest BCUT2D eigenvalue weighted by molar-refractivity contribution is 9.10. The number of pyridine rings is 1. The molecule has 1 aromatic heterocycles. The Hall–Kier alpha value is -1.11. The molecule has 0 unspecified atom stereocenters. The summed E-state index contributed by atoms with van der Waals surface area (Å²) in [5.41, 5.74) is 0. The summed E-state index contributed by atoms with van der Waals surface area (Å²) in [5, 5.41) is 0.492. The molecule has 7 heteroatoms. The molecular weight excluding hydrogens is 354 g/mol. The summed E-state index contributed by atoms with van der Waals surface area (Å²) in [6.45, 7) is 0. The lowest BCUT2D eigenvalue weighted by molar-refractivity contribution is 0.459. The molecule has 0 bridgehead atoms. The van der Waals surface area contributed by atoms with Crippen LogP contribution in [0.5, 0.6) is 11.6 Å². The molecule has 1 aromatic carbocycles. The van der Waals surface area contributed by atoms with Gasteiger partial charge in [-0.15, -0.1) is 0 Å². The van der Waals surface area contributed by atoms with E-state index in [-0.39, 0.29) is 4.90 Å². The molecule has 2 rings (SSSR count). The minimum absolute atomic E-state index is 0.239. The number of benzene rings is 1. The van der Waals surface area contributed by atoms with E-state index in [2.05, 4.69) is 20.9 Å².